The molecule has 374 valence electrons. The summed E-state index contributed by atoms with van der Waals surface area (Å²) in [6.07, 6.45) is 3.74. The minimum atomic E-state index is -3.75. The monoisotopic (exact) mass is 987 g/mol. The largest absolute Gasteiger partial charge is 0.414 e. The topological polar surface area (TPSA) is 142 Å². The Bertz CT molecular complexity index is 1920. The molecule has 4 rings (SSSR count). The van der Waals surface area contributed by atoms with E-state index in [1.165, 1.54) is 0 Å². The lowest BCUT2D eigenvalue weighted by Crippen LogP contribution is -2.49. The molecule has 3 heterocycles. The molecule has 3 aliphatic rings. The number of allylic oxidation sites excluding steroid dienone is 1. The van der Waals surface area contributed by atoms with E-state index in [1.54, 1.807) is 19.2 Å². The molecule has 1 aromatic rings. The van der Waals surface area contributed by atoms with Crippen molar-refractivity contribution >= 4 is 36.6 Å². The summed E-state index contributed by atoms with van der Waals surface area (Å²) in [5.41, 5.74) is 2.89. The van der Waals surface area contributed by atoms with Crippen LogP contribution < -0.4 is 0 Å². The Morgan fingerprint density at radius 2 is 1.48 bits per heavy atom. The normalized spacial score (nSPS) is 25.6. The van der Waals surface area contributed by atoms with E-state index in [4.69, 9.17) is 36.7 Å². The quantitative estimate of drug-likeness (QED) is 0.0523. The maximum Gasteiger partial charge on any atom is 0.264 e. The Balaban J connectivity index is 1.51. The zero-order valence-electron chi connectivity index (χ0n) is 42.4. The second-order valence-corrected chi connectivity index (χ2v) is 35.4. The molecule has 12 nitrogen and oxygen atoms in total. The van der Waals surface area contributed by atoms with Crippen molar-refractivity contribution in [3.8, 4) is 0 Å². The highest BCUT2D eigenvalue weighted by atomic mass is 32.2. The molecule has 0 aromatic heterocycles. The van der Waals surface area contributed by atoms with Crippen molar-refractivity contribution in [2.45, 2.75) is 203 Å². The van der Waals surface area contributed by atoms with Gasteiger partial charge in [0.1, 0.15) is 0 Å². The first-order chi connectivity index (χ1) is 29.9. The molecule has 0 aliphatic carbocycles. The summed E-state index contributed by atoms with van der Waals surface area (Å²) < 4.78 is 104. The summed E-state index contributed by atoms with van der Waals surface area (Å²) in [5.74, 6) is -0.723. The van der Waals surface area contributed by atoms with Crippen LogP contribution in [0.25, 0.3) is 0 Å². The van der Waals surface area contributed by atoms with E-state index in [9.17, 15) is 16.8 Å². The molecule has 0 N–H and O–H groups in total. The third kappa shape index (κ3) is 16.7. The summed E-state index contributed by atoms with van der Waals surface area (Å²) >= 11 is 0. The maximum atomic E-state index is 14.2. The maximum absolute atomic E-state index is 14.2. The number of aryl methyl sites for hydroxylation is 1. The van der Waals surface area contributed by atoms with Crippen LogP contribution in [0.3, 0.4) is 0 Å². The number of hydrogen-bond donors (Lipinski definition) is 0. The summed E-state index contributed by atoms with van der Waals surface area (Å²) in [6.45, 7) is 36.7. The van der Waals surface area contributed by atoms with Crippen molar-refractivity contribution in [2.24, 2.45) is 11.8 Å². The molecule has 16 heteroatoms. The van der Waals surface area contributed by atoms with Crippen LogP contribution in [-0.4, -0.2) is 121 Å². The molecule has 3 fully saturated rings. The number of methoxy groups -OCH3 is 1. The number of hydrogen-bond acceptors (Lipinski definition) is 12. The zero-order chi connectivity index (χ0) is 48.8. The predicted octanol–water partition coefficient (Wildman–Crippen LogP) is 10.3. The fraction of sp³-hybridized carbons (Fsp3) is 0.796. The number of sulfone groups is 1. The summed E-state index contributed by atoms with van der Waals surface area (Å²) in [6, 6.07) is 6.98. The smallest absolute Gasteiger partial charge is 0.264 e. The molecule has 3 aliphatic heterocycles. The zero-order valence-corrected chi connectivity index (χ0v) is 46.0. The van der Waals surface area contributed by atoms with Gasteiger partial charge in [-0.3, -0.25) is 4.18 Å². The van der Waals surface area contributed by atoms with Crippen molar-refractivity contribution in [1.29, 1.82) is 0 Å². The Morgan fingerprint density at radius 1 is 0.862 bits per heavy atom. The van der Waals surface area contributed by atoms with Gasteiger partial charge >= 0.3 is 0 Å². The van der Waals surface area contributed by atoms with Gasteiger partial charge in [-0.15, -0.1) is 0 Å². The Kier molecular flexibility index (Phi) is 20.0. The molecule has 0 amide bonds. The second-order valence-electron chi connectivity index (χ2n) is 22.2. The van der Waals surface area contributed by atoms with E-state index in [2.05, 4.69) is 80.9 Å². The molecule has 65 heavy (non-hydrogen) atoms. The van der Waals surface area contributed by atoms with Gasteiger partial charge in [-0.2, -0.15) is 8.42 Å². The third-order valence-electron chi connectivity index (χ3n) is 14.7. The Labute approximate surface area is 396 Å². The summed E-state index contributed by atoms with van der Waals surface area (Å²) in [5, 5.41) is -0.0357. The second kappa shape index (κ2) is 23.1. The molecule has 0 saturated carbocycles. The number of rotatable bonds is 25. The Hall–Kier alpha value is -1.29. The van der Waals surface area contributed by atoms with Gasteiger partial charge < -0.3 is 32.5 Å². The molecule has 1 aromatic carbocycles. The molecule has 0 bridgehead atoms. The lowest BCUT2D eigenvalue weighted by atomic mass is 9.88. The van der Waals surface area contributed by atoms with Crippen molar-refractivity contribution in [1.82, 2.24) is 0 Å². The van der Waals surface area contributed by atoms with Crippen LogP contribution in [0.1, 0.15) is 112 Å². The highest BCUT2D eigenvalue weighted by Gasteiger charge is 2.49. The van der Waals surface area contributed by atoms with E-state index in [1.807, 2.05) is 26.0 Å². The van der Waals surface area contributed by atoms with Crippen LogP contribution in [0.4, 0.5) is 0 Å². The average Bonchev–Trinajstić information content (AvgIpc) is 3.91. The first-order valence-corrected chi connectivity index (χ1v) is 33.1. The highest BCUT2D eigenvalue weighted by molar-refractivity contribution is 7.91. The average molecular weight is 988 g/mol. The van der Waals surface area contributed by atoms with Crippen molar-refractivity contribution in [3.05, 3.63) is 54.1 Å². The van der Waals surface area contributed by atoms with Crippen molar-refractivity contribution in [2.75, 3.05) is 38.9 Å². The van der Waals surface area contributed by atoms with Gasteiger partial charge in [0.15, 0.2) is 32.8 Å². The van der Waals surface area contributed by atoms with Crippen LogP contribution in [0.2, 0.25) is 36.3 Å². The van der Waals surface area contributed by atoms with Gasteiger partial charge in [-0.1, -0.05) is 84.9 Å². The lowest BCUT2D eigenvalue weighted by Gasteiger charge is -2.42. The van der Waals surface area contributed by atoms with Crippen LogP contribution in [0.15, 0.2) is 53.5 Å². The molecular weight excluding hydrogens is 901 g/mol. The third-order valence-corrected chi connectivity index (χ3v) is 26.2. The van der Waals surface area contributed by atoms with Gasteiger partial charge in [0, 0.05) is 25.9 Å². The summed E-state index contributed by atoms with van der Waals surface area (Å²) in [7, 11) is -10.3. The van der Waals surface area contributed by atoms with E-state index in [0.717, 1.165) is 42.2 Å². The molecule has 9 atom stereocenters. The van der Waals surface area contributed by atoms with Gasteiger partial charge in [0.05, 0.1) is 79.5 Å². The highest BCUT2D eigenvalue weighted by Crippen LogP contribution is 2.43. The standard InChI is InChI=1S/C49H86O12S2Si2/c1-34-17-22-41(23-18-34)63(52,53)33-42-44(59-45(47(42)54-11)31-40(61-65(15,16)49(8,9)10)32-57-64(13,14)48(5,6)7)24-19-35(2)36(3)29-39(60-62(12,50)51)20-25-43-37(4)30-38(58-43)21-26-46-55-27-28-56-46/h17-18,22-23,36,38-40,42-47H,2,4,19-21,24-33H2,1,3,5-16H3/t36?,38-,39+,40-,42-,43-,44-,45+,47?/m0/s1. The fourth-order valence-corrected chi connectivity index (χ4v) is 13.3. The number of ether oxygens (including phenoxy) is 5. The van der Waals surface area contributed by atoms with E-state index >= 15 is 0 Å². The first-order valence-electron chi connectivity index (χ1n) is 23.8. The molecular formula is C49H86O12S2Si2. The van der Waals surface area contributed by atoms with Gasteiger partial charge in [-0.25, -0.2) is 8.42 Å². The predicted molar refractivity (Wildman–Crippen MR) is 264 cm³/mol. The van der Waals surface area contributed by atoms with Crippen molar-refractivity contribution in [3.63, 3.8) is 0 Å². The van der Waals surface area contributed by atoms with Gasteiger partial charge in [-0.05, 0) is 112 Å². The van der Waals surface area contributed by atoms with Gasteiger partial charge in [0.2, 0.25) is 0 Å². The van der Waals surface area contributed by atoms with E-state index in [0.29, 0.717) is 58.3 Å². The van der Waals surface area contributed by atoms with Crippen LogP contribution in [0.5, 0.6) is 0 Å². The minimum Gasteiger partial charge on any atom is -0.414 e. The number of benzene rings is 1. The Morgan fingerprint density at radius 3 is 2.05 bits per heavy atom. The van der Waals surface area contributed by atoms with Crippen molar-refractivity contribution < 1.29 is 53.6 Å². The van der Waals surface area contributed by atoms with E-state index < -0.39 is 66.9 Å². The molecule has 0 spiro atoms. The molecule has 0 radical (unpaired) electrons. The van der Waals surface area contributed by atoms with Crippen LogP contribution in [0, 0.1) is 18.8 Å². The molecule has 2 unspecified atom stereocenters. The SMILES string of the molecule is C=C(CC[C@@H]1O[C@H](C[C@@H](CO[Si](C)(C)C(C)(C)C)O[Si](C)(C)C(C)(C)C)C(OC)[C@H]1CS(=O)(=O)c1ccc(C)cc1)C(C)C[C@@H](CC[C@@H]1O[C@@H](CCC2OCCO2)CC1=C)OS(C)(=O)=O. The van der Waals surface area contributed by atoms with Gasteiger partial charge in [0.25, 0.3) is 10.1 Å². The minimum absolute atomic E-state index is 0.00837. The first kappa shape index (κ1) is 56.3. The molecule has 3 saturated heterocycles. The van der Waals surface area contributed by atoms with E-state index in [-0.39, 0.29) is 51.2 Å². The van der Waals surface area contributed by atoms with Crippen LogP contribution in [-0.2, 0) is 56.7 Å². The lowest BCUT2D eigenvalue weighted by molar-refractivity contribution is -0.0588. The fourth-order valence-electron chi connectivity index (χ4n) is 8.57. The summed E-state index contributed by atoms with van der Waals surface area (Å²) in [4.78, 5) is 0.271. The van der Waals surface area contributed by atoms with Crippen LogP contribution >= 0.6 is 0 Å².